The number of pyridine rings is 1. The Morgan fingerprint density at radius 1 is 1.44 bits per heavy atom. The number of hydrogen-bond acceptors (Lipinski definition) is 5. The minimum Gasteiger partial charge on any atom is -0.466 e. The Hall–Kier alpha value is -2.37. The number of rotatable bonds is 5. The SMILES string of the molecule is Cc1ccc(CCNc2ncccc2[N+](=O)[O-])o1. The Bertz CT molecular complexity index is 551. The van der Waals surface area contributed by atoms with E-state index in [4.69, 9.17) is 4.42 Å². The molecule has 0 fully saturated rings. The topological polar surface area (TPSA) is 81.2 Å². The molecule has 0 unspecified atom stereocenters. The van der Waals surface area contributed by atoms with E-state index in [0.29, 0.717) is 13.0 Å². The first kappa shape index (κ1) is 12.1. The molecule has 2 rings (SSSR count). The van der Waals surface area contributed by atoms with Crippen molar-refractivity contribution in [3.63, 3.8) is 0 Å². The van der Waals surface area contributed by atoms with Crippen molar-refractivity contribution in [1.29, 1.82) is 0 Å². The van der Waals surface area contributed by atoms with Crippen LogP contribution >= 0.6 is 0 Å². The van der Waals surface area contributed by atoms with Crippen LogP contribution in [0.3, 0.4) is 0 Å². The fourth-order valence-electron chi connectivity index (χ4n) is 1.60. The van der Waals surface area contributed by atoms with Crippen molar-refractivity contribution in [2.45, 2.75) is 13.3 Å². The van der Waals surface area contributed by atoms with E-state index >= 15 is 0 Å². The van der Waals surface area contributed by atoms with Crippen LogP contribution in [0, 0.1) is 17.0 Å². The zero-order valence-corrected chi connectivity index (χ0v) is 9.92. The molecule has 0 spiro atoms. The first-order valence-electron chi connectivity index (χ1n) is 5.55. The van der Waals surface area contributed by atoms with Gasteiger partial charge in [0.15, 0.2) is 0 Å². The number of aromatic nitrogens is 1. The second kappa shape index (κ2) is 5.31. The third-order valence-corrected chi connectivity index (χ3v) is 2.44. The number of nitro groups is 1. The van der Waals surface area contributed by atoms with E-state index in [1.165, 1.54) is 12.3 Å². The highest BCUT2D eigenvalue weighted by atomic mass is 16.6. The van der Waals surface area contributed by atoms with Crippen LogP contribution in [0.1, 0.15) is 11.5 Å². The van der Waals surface area contributed by atoms with Crippen LogP contribution in [0.15, 0.2) is 34.9 Å². The average Bonchev–Trinajstić information content (AvgIpc) is 2.75. The van der Waals surface area contributed by atoms with Crippen molar-refractivity contribution >= 4 is 11.5 Å². The molecule has 0 radical (unpaired) electrons. The van der Waals surface area contributed by atoms with Gasteiger partial charge in [0.05, 0.1) is 4.92 Å². The minimum absolute atomic E-state index is 0.0203. The summed E-state index contributed by atoms with van der Waals surface area (Å²) in [5.41, 5.74) is -0.0203. The van der Waals surface area contributed by atoms with E-state index in [1.54, 1.807) is 6.07 Å². The molecule has 6 heteroatoms. The zero-order valence-electron chi connectivity index (χ0n) is 9.92. The summed E-state index contributed by atoms with van der Waals surface area (Å²) in [5, 5.41) is 13.7. The molecule has 18 heavy (non-hydrogen) atoms. The molecule has 0 aliphatic carbocycles. The lowest BCUT2D eigenvalue weighted by Crippen LogP contribution is -2.07. The molecule has 0 aliphatic heterocycles. The van der Waals surface area contributed by atoms with Gasteiger partial charge in [0.25, 0.3) is 0 Å². The van der Waals surface area contributed by atoms with Crippen molar-refractivity contribution in [2.24, 2.45) is 0 Å². The van der Waals surface area contributed by atoms with Gasteiger partial charge in [-0.25, -0.2) is 4.98 Å². The van der Waals surface area contributed by atoms with E-state index in [0.717, 1.165) is 11.5 Å². The largest absolute Gasteiger partial charge is 0.466 e. The molecule has 0 aliphatic rings. The van der Waals surface area contributed by atoms with Gasteiger partial charge < -0.3 is 9.73 Å². The van der Waals surface area contributed by atoms with Crippen LogP contribution in [0.4, 0.5) is 11.5 Å². The van der Waals surface area contributed by atoms with E-state index in [9.17, 15) is 10.1 Å². The van der Waals surface area contributed by atoms with Crippen molar-refractivity contribution in [3.8, 4) is 0 Å². The summed E-state index contributed by atoms with van der Waals surface area (Å²) in [7, 11) is 0. The van der Waals surface area contributed by atoms with Crippen LogP contribution < -0.4 is 5.32 Å². The average molecular weight is 247 g/mol. The first-order valence-corrected chi connectivity index (χ1v) is 5.55. The highest BCUT2D eigenvalue weighted by molar-refractivity contribution is 5.54. The lowest BCUT2D eigenvalue weighted by molar-refractivity contribution is -0.384. The van der Waals surface area contributed by atoms with Gasteiger partial charge in [0, 0.05) is 25.2 Å². The highest BCUT2D eigenvalue weighted by Gasteiger charge is 2.13. The lowest BCUT2D eigenvalue weighted by atomic mass is 10.3. The van der Waals surface area contributed by atoms with Crippen LogP contribution in [-0.2, 0) is 6.42 Å². The highest BCUT2D eigenvalue weighted by Crippen LogP contribution is 2.20. The van der Waals surface area contributed by atoms with Gasteiger partial charge >= 0.3 is 5.69 Å². The summed E-state index contributed by atoms with van der Waals surface area (Å²) in [5.74, 6) is 1.98. The number of anilines is 1. The van der Waals surface area contributed by atoms with Crippen LogP contribution in [0.2, 0.25) is 0 Å². The molecule has 0 amide bonds. The molecule has 2 aromatic rings. The molecule has 94 valence electrons. The Labute approximate surface area is 104 Å². The van der Waals surface area contributed by atoms with Gasteiger partial charge in [-0.1, -0.05) is 0 Å². The van der Waals surface area contributed by atoms with Crippen LogP contribution in [0.25, 0.3) is 0 Å². The van der Waals surface area contributed by atoms with Crippen LogP contribution in [0.5, 0.6) is 0 Å². The summed E-state index contributed by atoms with van der Waals surface area (Å²) < 4.78 is 5.40. The fourth-order valence-corrected chi connectivity index (χ4v) is 1.60. The van der Waals surface area contributed by atoms with E-state index in [2.05, 4.69) is 10.3 Å². The summed E-state index contributed by atoms with van der Waals surface area (Å²) in [4.78, 5) is 14.3. The molecule has 0 bridgehead atoms. The third-order valence-electron chi connectivity index (χ3n) is 2.44. The van der Waals surface area contributed by atoms with Crippen molar-refractivity contribution in [2.75, 3.05) is 11.9 Å². The van der Waals surface area contributed by atoms with E-state index in [1.807, 2.05) is 19.1 Å². The fraction of sp³-hybridized carbons (Fsp3) is 0.250. The second-order valence-corrected chi connectivity index (χ2v) is 3.82. The van der Waals surface area contributed by atoms with Crippen LogP contribution in [-0.4, -0.2) is 16.5 Å². The van der Waals surface area contributed by atoms with Gasteiger partial charge in [-0.05, 0) is 25.1 Å². The molecule has 0 atom stereocenters. The molecule has 6 nitrogen and oxygen atoms in total. The van der Waals surface area contributed by atoms with Crippen molar-refractivity contribution in [3.05, 3.63) is 52.1 Å². The Morgan fingerprint density at radius 2 is 2.28 bits per heavy atom. The molecule has 0 saturated carbocycles. The predicted octanol–water partition coefficient (Wildman–Crippen LogP) is 2.55. The molecule has 0 aromatic carbocycles. The van der Waals surface area contributed by atoms with E-state index in [-0.39, 0.29) is 11.5 Å². The molecular weight excluding hydrogens is 234 g/mol. The zero-order chi connectivity index (χ0) is 13.0. The monoisotopic (exact) mass is 247 g/mol. The summed E-state index contributed by atoms with van der Waals surface area (Å²) in [6.45, 7) is 2.41. The quantitative estimate of drug-likeness (QED) is 0.648. The molecule has 2 aromatic heterocycles. The molecule has 0 saturated heterocycles. The first-order chi connectivity index (χ1) is 8.66. The smallest absolute Gasteiger partial charge is 0.311 e. The van der Waals surface area contributed by atoms with Gasteiger partial charge in [0.1, 0.15) is 11.5 Å². The molecular formula is C12H13N3O3. The van der Waals surface area contributed by atoms with Crippen molar-refractivity contribution in [1.82, 2.24) is 4.98 Å². The number of nitrogens with zero attached hydrogens (tertiary/aromatic N) is 2. The Balaban J connectivity index is 1.96. The standard InChI is InChI=1S/C12H13N3O3/c1-9-4-5-10(18-9)6-8-14-12-11(15(16)17)3-2-7-13-12/h2-5,7H,6,8H2,1H3,(H,13,14). The normalized spacial score (nSPS) is 10.3. The van der Waals surface area contributed by atoms with Gasteiger partial charge in [-0.3, -0.25) is 10.1 Å². The Morgan fingerprint density at radius 3 is 2.94 bits per heavy atom. The predicted molar refractivity (Wildman–Crippen MR) is 66.5 cm³/mol. The molecule has 1 N–H and O–H groups in total. The lowest BCUT2D eigenvalue weighted by Gasteiger charge is -2.04. The van der Waals surface area contributed by atoms with Crippen molar-refractivity contribution < 1.29 is 9.34 Å². The van der Waals surface area contributed by atoms with Gasteiger partial charge in [-0.15, -0.1) is 0 Å². The summed E-state index contributed by atoms with van der Waals surface area (Å²) >= 11 is 0. The van der Waals surface area contributed by atoms with Gasteiger partial charge in [0.2, 0.25) is 5.82 Å². The maximum atomic E-state index is 10.8. The van der Waals surface area contributed by atoms with Gasteiger partial charge in [-0.2, -0.15) is 0 Å². The number of furan rings is 1. The summed E-state index contributed by atoms with van der Waals surface area (Å²) in [6, 6.07) is 6.74. The number of aryl methyl sites for hydroxylation is 1. The maximum absolute atomic E-state index is 10.8. The third kappa shape index (κ3) is 2.85. The maximum Gasteiger partial charge on any atom is 0.311 e. The number of nitrogens with one attached hydrogen (secondary N) is 1. The number of hydrogen-bond donors (Lipinski definition) is 1. The molecule has 2 heterocycles. The second-order valence-electron chi connectivity index (χ2n) is 3.82. The summed E-state index contributed by atoms with van der Waals surface area (Å²) in [6.07, 6.45) is 2.17. The minimum atomic E-state index is -0.452. The Kier molecular flexibility index (Phi) is 3.57. The van der Waals surface area contributed by atoms with E-state index < -0.39 is 4.92 Å².